The lowest BCUT2D eigenvalue weighted by Gasteiger charge is -2.22. The Morgan fingerprint density at radius 3 is 2.85 bits per heavy atom. The predicted molar refractivity (Wildman–Crippen MR) is 52.6 cm³/mol. The van der Waals surface area contributed by atoms with Gasteiger partial charge in [-0.15, -0.1) is 11.8 Å². The van der Waals surface area contributed by atoms with Gasteiger partial charge in [0.2, 0.25) is 0 Å². The van der Waals surface area contributed by atoms with Gasteiger partial charge in [-0.2, -0.15) is 0 Å². The third-order valence-electron chi connectivity index (χ3n) is 2.86. The maximum Gasteiger partial charge on any atom is 0.323 e. The highest BCUT2D eigenvalue weighted by Crippen LogP contribution is 2.43. The van der Waals surface area contributed by atoms with Crippen LogP contribution in [0.2, 0.25) is 0 Å². The molecule has 0 bridgehead atoms. The fourth-order valence-electron chi connectivity index (χ4n) is 2.15. The second-order valence-electron chi connectivity index (χ2n) is 3.73. The standard InChI is InChI=1S/C9H15NO2S/c1-12-8(11)7-6-13-9(10-7)4-2-3-5-9/h7,10H,2-6H2,1H3/t7-/m0/s1. The maximum absolute atomic E-state index is 11.3. The molecule has 1 saturated heterocycles. The van der Waals surface area contributed by atoms with Crippen molar-refractivity contribution in [2.45, 2.75) is 36.6 Å². The number of nitrogens with one attached hydrogen (secondary N) is 1. The Balaban J connectivity index is 1.96. The van der Waals surface area contributed by atoms with Gasteiger partial charge in [0.25, 0.3) is 0 Å². The lowest BCUT2D eigenvalue weighted by Crippen LogP contribution is -2.43. The van der Waals surface area contributed by atoms with E-state index in [2.05, 4.69) is 5.32 Å². The minimum Gasteiger partial charge on any atom is -0.468 e. The van der Waals surface area contributed by atoms with Gasteiger partial charge in [-0.3, -0.25) is 10.1 Å². The van der Waals surface area contributed by atoms with Crippen molar-refractivity contribution in [3.63, 3.8) is 0 Å². The van der Waals surface area contributed by atoms with Crippen molar-refractivity contribution in [2.24, 2.45) is 0 Å². The molecule has 2 rings (SSSR count). The van der Waals surface area contributed by atoms with Crippen molar-refractivity contribution in [1.82, 2.24) is 5.32 Å². The maximum atomic E-state index is 11.3. The summed E-state index contributed by atoms with van der Waals surface area (Å²) in [4.78, 5) is 11.5. The first-order chi connectivity index (χ1) is 6.26. The summed E-state index contributed by atoms with van der Waals surface area (Å²) in [6, 6.07) is -0.0758. The Morgan fingerprint density at radius 1 is 1.54 bits per heavy atom. The van der Waals surface area contributed by atoms with E-state index >= 15 is 0 Å². The van der Waals surface area contributed by atoms with Gasteiger partial charge < -0.3 is 4.74 Å². The number of hydrogen-bond acceptors (Lipinski definition) is 4. The summed E-state index contributed by atoms with van der Waals surface area (Å²) in [7, 11) is 1.45. The summed E-state index contributed by atoms with van der Waals surface area (Å²) >= 11 is 1.89. The van der Waals surface area contributed by atoms with Crippen LogP contribution in [0.4, 0.5) is 0 Å². The second-order valence-corrected chi connectivity index (χ2v) is 5.14. The van der Waals surface area contributed by atoms with E-state index in [9.17, 15) is 4.79 Å². The Morgan fingerprint density at radius 2 is 2.23 bits per heavy atom. The second kappa shape index (κ2) is 3.50. The quantitative estimate of drug-likeness (QED) is 0.646. The van der Waals surface area contributed by atoms with Gasteiger partial charge in [-0.25, -0.2) is 0 Å². The normalized spacial score (nSPS) is 31.0. The SMILES string of the molecule is COC(=O)[C@@H]1CSC2(CCCC2)N1. The number of methoxy groups -OCH3 is 1. The zero-order chi connectivity index (χ0) is 9.31. The Labute approximate surface area is 82.6 Å². The van der Waals surface area contributed by atoms with E-state index in [1.807, 2.05) is 11.8 Å². The molecule has 0 unspecified atom stereocenters. The number of carbonyl (C=O) groups is 1. The number of esters is 1. The van der Waals surface area contributed by atoms with Crippen LogP contribution < -0.4 is 5.32 Å². The molecule has 3 nitrogen and oxygen atoms in total. The topological polar surface area (TPSA) is 38.3 Å². The van der Waals surface area contributed by atoms with Gasteiger partial charge in [0.1, 0.15) is 6.04 Å². The van der Waals surface area contributed by atoms with Crippen LogP contribution in [0.25, 0.3) is 0 Å². The fraction of sp³-hybridized carbons (Fsp3) is 0.889. The molecule has 1 aliphatic carbocycles. The lowest BCUT2D eigenvalue weighted by atomic mass is 10.2. The van der Waals surface area contributed by atoms with Crippen molar-refractivity contribution < 1.29 is 9.53 Å². The first-order valence-electron chi connectivity index (χ1n) is 4.75. The molecule has 2 fully saturated rings. The summed E-state index contributed by atoms with van der Waals surface area (Å²) in [5.41, 5.74) is 0. The Bertz CT molecular complexity index is 214. The van der Waals surface area contributed by atoms with Crippen LogP contribution in [0, 0.1) is 0 Å². The molecular formula is C9H15NO2S. The highest BCUT2D eigenvalue weighted by molar-refractivity contribution is 8.01. The zero-order valence-corrected chi connectivity index (χ0v) is 8.65. The largest absolute Gasteiger partial charge is 0.468 e. The van der Waals surface area contributed by atoms with Crippen LogP contribution in [0.3, 0.4) is 0 Å². The number of rotatable bonds is 1. The molecule has 0 aromatic rings. The van der Waals surface area contributed by atoms with Crippen molar-refractivity contribution in [1.29, 1.82) is 0 Å². The van der Waals surface area contributed by atoms with Crippen molar-refractivity contribution >= 4 is 17.7 Å². The highest BCUT2D eigenvalue weighted by Gasteiger charge is 2.43. The van der Waals surface area contributed by atoms with Gasteiger partial charge in [0.15, 0.2) is 0 Å². The van der Waals surface area contributed by atoms with Gasteiger partial charge >= 0.3 is 5.97 Å². The number of hydrogen-bond donors (Lipinski definition) is 1. The minimum absolute atomic E-state index is 0.0758. The van der Waals surface area contributed by atoms with Crippen LogP contribution >= 0.6 is 11.8 Å². The summed E-state index contributed by atoms with van der Waals surface area (Å²) in [5, 5.41) is 3.41. The predicted octanol–water partition coefficient (Wildman–Crippen LogP) is 1.13. The van der Waals surface area contributed by atoms with E-state index < -0.39 is 0 Å². The van der Waals surface area contributed by atoms with E-state index in [-0.39, 0.29) is 16.9 Å². The molecular weight excluding hydrogens is 186 g/mol. The highest BCUT2D eigenvalue weighted by atomic mass is 32.2. The lowest BCUT2D eigenvalue weighted by molar-refractivity contribution is -0.142. The van der Waals surface area contributed by atoms with Gasteiger partial charge in [0.05, 0.1) is 12.0 Å². The number of thioether (sulfide) groups is 1. The Hall–Kier alpha value is -0.220. The average Bonchev–Trinajstić information content (AvgIpc) is 2.76. The molecule has 4 heteroatoms. The zero-order valence-electron chi connectivity index (χ0n) is 7.84. The van der Waals surface area contributed by atoms with E-state index in [0.29, 0.717) is 0 Å². The molecule has 1 spiro atoms. The monoisotopic (exact) mass is 201 g/mol. The molecule has 0 aromatic carbocycles. The van der Waals surface area contributed by atoms with Crippen molar-refractivity contribution in [3.8, 4) is 0 Å². The molecule has 13 heavy (non-hydrogen) atoms. The molecule has 2 aliphatic rings. The van der Waals surface area contributed by atoms with E-state index in [0.717, 1.165) is 5.75 Å². The van der Waals surface area contributed by atoms with Gasteiger partial charge in [-0.1, -0.05) is 12.8 Å². The van der Waals surface area contributed by atoms with Gasteiger partial charge in [-0.05, 0) is 12.8 Å². The molecule has 1 heterocycles. The van der Waals surface area contributed by atoms with E-state index in [4.69, 9.17) is 4.74 Å². The van der Waals surface area contributed by atoms with Crippen LogP contribution in [-0.2, 0) is 9.53 Å². The first-order valence-corrected chi connectivity index (χ1v) is 5.74. The van der Waals surface area contributed by atoms with Crippen LogP contribution in [0.15, 0.2) is 0 Å². The van der Waals surface area contributed by atoms with Crippen LogP contribution in [-0.4, -0.2) is 29.7 Å². The number of ether oxygens (including phenoxy) is 1. The first kappa shape index (κ1) is 9.34. The molecule has 1 saturated carbocycles. The van der Waals surface area contributed by atoms with Crippen LogP contribution in [0.1, 0.15) is 25.7 Å². The average molecular weight is 201 g/mol. The molecule has 1 N–H and O–H groups in total. The fourth-order valence-corrected chi connectivity index (χ4v) is 3.66. The third-order valence-corrected chi connectivity index (χ3v) is 4.44. The molecule has 0 amide bonds. The summed E-state index contributed by atoms with van der Waals surface area (Å²) in [6.45, 7) is 0. The van der Waals surface area contributed by atoms with Gasteiger partial charge in [0, 0.05) is 5.75 Å². The molecule has 0 aromatic heterocycles. The number of carbonyl (C=O) groups excluding carboxylic acids is 1. The molecule has 74 valence electrons. The summed E-state index contributed by atoms with van der Waals surface area (Å²) < 4.78 is 4.72. The summed E-state index contributed by atoms with van der Waals surface area (Å²) in [6.07, 6.45) is 4.97. The summed E-state index contributed by atoms with van der Waals surface area (Å²) in [5.74, 6) is 0.753. The Kier molecular flexibility index (Phi) is 2.51. The molecule has 1 atom stereocenters. The van der Waals surface area contributed by atoms with Crippen molar-refractivity contribution in [3.05, 3.63) is 0 Å². The van der Waals surface area contributed by atoms with Crippen molar-refractivity contribution in [2.75, 3.05) is 12.9 Å². The molecule has 1 aliphatic heterocycles. The minimum atomic E-state index is -0.115. The van der Waals surface area contributed by atoms with E-state index in [1.54, 1.807) is 0 Å². The van der Waals surface area contributed by atoms with E-state index in [1.165, 1.54) is 32.8 Å². The van der Waals surface area contributed by atoms with Crippen LogP contribution in [0.5, 0.6) is 0 Å². The third kappa shape index (κ3) is 1.70. The molecule has 0 radical (unpaired) electrons. The smallest absolute Gasteiger partial charge is 0.323 e.